The van der Waals surface area contributed by atoms with Crippen LogP contribution >= 0.6 is 0 Å². The van der Waals surface area contributed by atoms with Crippen LogP contribution in [0, 0.1) is 5.92 Å². The lowest BCUT2D eigenvalue weighted by Gasteiger charge is -2.33. The summed E-state index contributed by atoms with van der Waals surface area (Å²) >= 11 is 0. The summed E-state index contributed by atoms with van der Waals surface area (Å²) in [6.07, 6.45) is 1.45. The van der Waals surface area contributed by atoms with Crippen molar-refractivity contribution >= 4 is 21.9 Å². The fourth-order valence-electron chi connectivity index (χ4n) is 3.48. The molecule has 1 amide bonds. The number of hydrogen-bond donors (Lipinski definition) is 1. The molecule has 0 bridgehead atoms. The van der Waals surface area contributed by atoms with E-state index in [0.717, 1.165) is 12.8 Å². The first-order valence-electron chi connectivity index (χ1n) is 9.41. The molecule has 1 saturated heterocycles. The molecular weight excluding hydrogens is 380 g/mol. The van der Waals surface area contributed by atoms with E-state index in [1.807, 2.05) is 37.6 Å². The van der Waals surface area contributed by atoms with Crippen molar-refractivity contribution in [1.82, 2.24) is 9.88 Å². The van der Waals surface area contributed by atoms with Gasteiger partial charge in [0.1, 0.15) is 11.4 Å². The Hall–Kier alpha value is -1.87. The minimum atomic E-state index is -3.83. The number of carbonyl (C=O) groups excluding carboxylic acids is 1. The fraction of sp³-hybridized carbons (Fsp3) is 0.684. The lowest BCUT2D eigenvalue weighted by molar-refractivity contribution is 0.0131. The van der Waals surface area contributed by atoms with E-state index in [2.05, 4.69) is 18.8 Å². The highest BCUT2D eigenvalue weighted by Gasteiger charge is 2.42. The number of aromatic nitrogens is 1. The molecule has 1 atom stereocenters. The van der Waals surface area contributed by atoms with E-state index in [-0.39, 0.29) is 16.7 Å². The molecule has 1 aromatic heterocycles. The largest absolute Gasteiger partial charge is 0.444 e. The number of nitrogens with two attached hydrogens (primary N) is 1. The van der Waals surface area contributed by atoms with E-state index in [9.17, 15) is 13.2 Å². The molecule has 2 heterocycles. The van der Waals surface area contributed by atoms with E-state index < -0.39 is 15.6 Å². The van der Waals surface area contributed by atoms with Gasteiger partial charge in [0, 0.05) is 25.7 Å². The quantitative estimate of drug-likeness (QED) is 0.797. The molecule has 0 saturated carbocycles. The highest BCUT2D eigenvalue weighted by atomic mass is 32.2. The van der Waals surface area contributed by atoms with Gasteiger partial charge in [-0.25, -0.2) is 23.3 Å². The topological polar surface area (TPSA) is 106 Å². The molecule has 0 aromatic carbocycles. The Morgan fingerprint density at radius 2 is 2.04 bits per heavy atom. The van der Waals surface area contributed by atoms with Gasteiger partial charge in [0.2, 0.25) is 0 Å². The van der Waals surface area contributed by atoms with E-state index in [0.29, 0.717) is 24.8 Å². The monoisotopic (exact) mass is 412 g/mol. The van der Waals surface area contributed by atoms with Gasteiger partial charge < -0.3 is 14.5 Å². The van der Waals surface area contributed by atoms with E-state index in [1.54, 1.807) is 12.1 Å². The molecule has 2 N–H and O–H groups in total. The Morgan fingerprint density at radius 3 is 2.61 bits per heavy atom. The smallest absolute Gasteiger partial charge is 0.410 e. The molecule has 1 aliphatic rings. The number of amides is 1. The SMILES string of the molecule is CN(CC[C@@H]1CN(C(=O)OC(C)(C)C)C(C)(C)C1)c1cccc(S(N)(=O)=O)n1. The Morgan fingerprint density at radius 1 is 1.39 bits per heavy atom. The van der Waals surface area contributed by atoms with Gasteiger partial charge in [0.25, 0.3) is 10.0 Å². The number of carbonyl (C=O) groups is 1. The summed E-state index contributed by atoms with van der Waals surface area (Å²) in [4.78, 5) is 20.4. The maximum Gasteiger partial charge on any atom is 0.410 e. The molecule has 0 aliphatic carbocycles. The van der Waals surface area contributed by atoms with Crippen LogP contribution in [0.1, 0.15) is 47.5 Å². The zero-order valence-electron chi connectivity index (χ0n) is 17.6. The number of sulfonamides is 1. The van der Waals surface area contributed by atoms with Crippen molar-refractivity contribution in [2.45, 2.75) is 63.6 Å². The highest BCUT2D eigenvalue weighted by molar-refractivity contribution is 7.89. The third-order valence-corrected chi connectivity index (χ3v) is 5.65. The first-order chi connectivity index (χ1) is 12.7. The zero-order chi connectivity index (χ0) is 21.3. The van der Waals surface area contributed by atoms with Crippen molar-refractivity contribution in [2.24, 2.45) is 11.1 Å². The molecule has 8 nitrogen and oxygen atoms in total. The predicted octanol–water partition coefficient (Wildman–Crippen LogP) is 2.59. The summed E-state index contributed by atoms with van der Waals surface area (Å²) < 4.78 is 28.5. The minimum Gasteiger partial charge on any atom is -0.444 e. The molecular formula is C19H32N4O4S. The molecule has 158 valence electrons. The van der Waals surface area contributed by atoms with Crippen molar-refractivity contribution in [3.05, 3.63) is 18.2 Å². The first-order valence-corrected chi connectivity index (χ1v) is 11.0. The van der Waals surface area contributed by atoms with Crippen LogP contribution in [-0.4, -0.2) is 55.7 Å². The number of nitrogens with zero attached hydrogens (tertiary/aromatic N) is 3. The van der Waals surface area contributed by atoms with E-state index >= 15 is 0 Å². The van der Waals surface area contributed by atoms with E-state index in [4.69, 9.17) is 9.88 Å². The second kappa shape index (κ2) is 7.87. The average Bonchev–Trinajstić information content (AvgIpc) is 2.85. The fourth-order valence-corrected chi connectivity index (χ4v) is 3.97. The van der Waals surface area contributed by atoms with Gasteiger partial charge in [-0.1, -0.05) is 6.07 Å². The van der Waals surface area contributed by atoms with Gasteiger partial charge in [-0.3, -0.25) is 0 Å². The van der Waals surface area contributed by atoms with Gasteiger partial charge in [0.15, 0.2) is 5.03 Å². The van der Waals surface area contributed by atoms with Crippen LogP contribution in [-0.2, 0) is 14.8 Å². The van der Waals surface area contributed by atoms with Gasteiger partial charge in [-0.2, -0.15) is 0 Å². The summed E-state index contributed by atoms with van der Waals surface area (Å²) in [5.74, 6) is 0.874. The van der Waals surface area contributed by atoms with Crippen LogP contribution < -0.4 is 10.0 Å². The zero-order valence-corrected chi connectivity index (χ0v) is 18.4. The van der Waals surface area contributed by atoms with Crippen LogP contribution in [0.3, 0.4) is 0 Å². The molecule has 0 spiro atoms. The van der Waals surface area contributed by atoms with Crippen molar-refractivity contribution < 1.29 is 17.9 Å². The Labute approximate surface area is 168 Å². The van der Waals surface area contributed by atoms with Crippen LogP contribution in [0.25, 0.3) is 0 Å². The summed E-state index contributed by atoms with van der Waals surface area (Å²) in [7, 11) is -1.97. The normalized spacial score (nSPS) is 19.5. The number of ether oxygens (including phenoxy) is 1. The van der Waals surface area contributed by atoms with Gasteiger partial charge in [-0.15, -0.1) is 0 Å². The summed E-state index contributed by atoms with van der Waals surface area (Å²) in [6.45, 7) is 11.0. The molecule has 1 aromatic rings. The number of anilines is 1. The van der Waals surface area contributed by atoms with Crippen molar-refractivity contribution in [3.8, 4) is 0 Å². The van der Waals surface area contributed by atoms with Gasteiger partial charge in [-0.05, 0) is 65.5 Å². The Kier molecular flexibility index (Phi) is 6.30. The lowest BCUT2D eigenvalue weighted by Crippen LogP contribution is -2.45. The Balaban J connectivity index is 1.99. The maximum atomic E-state index is 12.5. The molecule has 0 radical (unpaired) electrons. The molecule has 28 heavy (non-hydrogen) atoms. The number of primary sulfonamides is 1. The highest BCUT2D eigenvalue weighted by Crippen LogP contribution is 2.35. The molecule has 1 fully saturated rings. The average molecular weight is 413 g/mol. The van der Waals surface area contributed by atoms with Crippen LogP contribution in [0.2, 0.25) is 0 Å². The summed E-state index contributed by atoms with van der Waals surface area (Å²) in [5, 5.41) is 5.01. The number of likely N-dealkylation sites (tertiary alicyclic amines) is 1. The van der Waals surface area contributed by atoms with Crippen molar-refractivity contribution in [3.63, 3.8) is 0 Å². The van der Waals surface area contributed by atoms with Crippen LogP contribution in [0.4, 0.5) is 10.6 Å². The van der Waals surface area contributed by atoms with Gasteiger partial charge in [0.05, 0.1) is 0 Å². The van der Waals surface area contributed by atoms with Crippen LogP contribution in [0.15, 0.2) is 23.2 Å². The molecule has 0 unspecified atom stereocenters. The minimum absolute atomic E-state index is 0.144. The second-order valence-electron chi connectivity index (χ2n) is 9.06. The predicted molar refractivity (Wildman–Crippen MR) is 109 cm³/mol. The third-order valence-electron chi connectivity index (χ3n) is 4.84. The molecule has 2 rings (SSSR count). The second-order valence-corrected chi connectivity index (χ2v) is 10.6. The molecule has 9 heteroatoms. The number of rotatable bonds is 5. The van der Waals surface area contributed by atoms with Crippen molar-refractivity contribution in [1.29, 1.82) is 0 Å². The van der Waals surface area contributed by atoms with Crippen LogP contribution in [0.5, 0.6) is 0 Å². The Bertz CT molecular complexity index is 817. The van der Waals surface area contributed by atoms with Gasteiger partial charge >= 0.3 is 6.09 Å². The number of hydrogen-bond acceptors (Lipinski definition) is 6. The standard InChI is InChI=1S/C19H32N4O4S/c1-18(2,3)27-17(24)23-13-14(12-19(23,4)5)10-11-22(6)15-8-7-9-16(21-15)28(20,25)26/h7-9,14H,10-13H2,1-6H3,(H2,20,25,26)/t14-/m0/s1. The number of pyridine rings is 1. The molecule has 1 aliphatic heterocycles. The maximum absolute atomic E-state index is 12.5. The van der Waals surface area contributed by atoms with Crippen molar-refractivity contribution in [2.75, 3.05) is 25.0 Å². The first kappa shape index (κ1) is 22.4. The lowest BCUT2D eigenvalue weighted by atomic mass is 9.94. The summed E-state index contributed by atoms with van der Waals surface area (Å²) in [6, 6.07) is 4.76. The third kappa shape index (κ3) is 5.81. The van der Waals surface area contributed by atoms with E-state index in [1.165, 1.54) is 6.07 Å². The summed E-state index contributed by atoms with van der Waals surface area (Å²) in [5.41, 5.74) is -0.789.